The van der Waals surface area contributed by atoms with E-state index in [0.717, 1.165) is 11.1 Å². The molecule has 16 heavy (non-hydrogen) atoms. The maximum Gasteiger partial charge on any atom is 0.134 e. The molecule has 0 saturated carbocycles. The van der Waals surface area contributed by atoms with Gasteiger partial charge in [-0.05, 0) is 31.5 Å². The Bertz CT molecular complexity index is 359. The first-order chi connectivity index (χ1) is 7.54. The summed E-state index contributed by atoms with van der Waals surface area (Å²) in [6, 6.07) is 3.71. The minimum Gasteiger partial charge on any atom is -0.496 e. The molecule has 3 heteroatoms. The molecule has 90 valence electrons. The Morgan fingerprint density at radius 1 is 1.38 bits per heavy atom. The fourth-order valence-corrected chi connectivity index (χ4v) is 1.67. The van der Waals surface area contributed by atoms with Crippen LogP contribution in [0.1, 0.15) is 31.9 Å². The molecule has 0 amide bonds. The summed E-state index contributed by atoms with van der Waals surface area (Å²) in [5.74, 6) is 0.763. The summed E-state index contributed by atoms with van der Waals surface area (Å²) < 4.78 is 5.17. The van der Waals surface area contributed by atoms with Crippen molar-refractivity contribution >= 4 is 17.4 Å². The topological polar surface area (TPSA) is 26.3 Å². The Balaban J connectivity index is 0.00000106. The van der Waals surface area contributed by atoms with Crippen LogP contribution in [0, 0.1) is 6.92 Å². The van der Waals surface area contributed by atoms with Crippen LogP contribution in [-0.4, -0.2) is 12.9 Å². The standard InChI is InChI=1S/C11H13ClO2.C2H6/c1-7-4-10(12)9(6-8(2)13)11(5-7)14-3;1-2/h4-5H,6H2,1-3H3;1-2H3. The number of Topliss-reactive ketones (excluding diaryl/α,β-unsaturated/α-hetero) is 1. The molecule has 1 aromatic rings. The summed E-state index contributed by atoms with van der Waals surface area (Å²) in [6.45, 7) is 7.47. The number of hydrogen-bond acceptors (Lipinski definition) is 2. The van der Waals surface area contributed by atoms with Crippen molar-refractivity contribution in [2.45, 2.75) is 34.1 Å². The first-order valence-corrected chi connectivity index (χ1v) is 5.75. The lowest BCUT2D eigenvalue weighted by Crippen LogP contribution is -2.01. The number of ether oxygens (including phenoxy) is 1. The van der Waals surface area contributed by atoms with Gasteiger partial charge in [0.05, 0.1) is 7.11 Å². The predicted molar refractivity (Wildman–Crippen MR) is 68.5 cm³/mol. The highest BCUT2D eigenvalue weighted by Crippen LogP contribution is 2.28. The van der Waals surface area contributed by atoms with Gasteiger partial charge in [-0.15, -0.1) is 0 Å². The van der Waals surface area contributed by atoms with Crippen molar-refractivity contribution in [1.29, 1.82) is 0 Å². The van der Waals surface area contributed by atoms with Crippen molar-refractivity contribution in [2.24, 2.45) is 0 Å². The molecule has 0 saturated heterocycles. The van der Waals surface area contributed by atoms with Gasteiger partial charge in [-0.1, -0.05) is 25.4 Å². The van der Waals surface area contributed by atoms with Crippen LogP contribution in [0.25, 0.3) is 0 Å². The van der Waals surface area contributed by atoms with E-state index in [1.165, 1.54) is 6.92 Å². The highest BCUT2D eigenvalue weighted by molar-refractivity contribution is 6.31. The fourth-order valence-electron chi connectivity index (χ4n) is 1.34. The van der Waals surface area contributed by atoms with E-state index in [9.17, 15) is 4.79 Å². The Morgan fingerprint density at radius 2 is 1.94 bits per heavy atom. The highest BCUT2D eigenvalue weighted by Gasteiger charge is 2.10. The molecular formula is C13H19ClO2. The summed E-state index contributed by atoms with van der Waals surface area (Å²) in [7, 11) is 1.58. The molecule has 0 aliphatic heterocycles. The summed E-state index contributed by atoms with van der Waals surface area (Å²) >= 11 is 6.03. The Morgan fingerprint density at radius 3 is 2.38 bits per heavy atom. The molecule has 0 N–H and O–H groups in total. The van der Waals surface area contributed by atoms with E-state index in [1.54, 1.807) is 7.11 Å². The lowest BCUT2D eigenvalue weighted by Gasteiger charge is -2.10. The zero-order valence-corrected chi connectivity index (χ0v) is 11.3. The SMILES string of the molecule is CC.COc1cc(C)cc(Cl)c1CC(C)=O. The van der Waals surface area contributed by atoms with Crippen LogP contribution in [0.3, 0.4) is 0 Å². The highest BCUT2D eigenvalue weighted by atomic mass is 35.5. The van der Waals surface area contributed by atoms with Crippen LogP contribution < -0.4 is 4.74 Å². The molecule has 0 spiro atoms. The fraction of sp³-hybridized carbons (Fsp3) is 0.462. The Kier molecular flexibility index (Phi) is 6.82. The Hall–Kier alpha value is -1.02. The normalized spacial score (nSPS) is 9.12. The number of carbonyl (C=O) groups is 1. The number of benzene rings is 1. The third-order valence-electron chi connectivity index (χ3n) is 1.94. The predicted octanol–water partition coefficient (Wildman–Crippen LogP) is 3.81. The van der Waals surface area contributed by atoms with E-state index >= 15 is 0 Å². The molecule has 1 rings (SSSR count). The molecule has 0 heterocycles. The average molecular weight is 243 g/mol. The summed E-state index contributed by atoms with van der Waals surface area (Å²) in [4.78, 5) is 11.0. The second-order valence-corrected chi connectivity index (χ2v) is 3.71. The van der Waals surface area contributed by atoms with Crippen molar-refractivity contribution in [3.63, 3.8) is 0 Å². The van der Waals surface area contributed by atoms with E-state index in [-0.39, 0.29) is 5.78 Å². The van der Waals surface area contributed by atoms with Gasteiger partial charge in [-0.2, -0.15) is 0 Å². The molecule has 0 aliphatic rings. The van der Waals surface area contributed by atoms with E-state index in [4.69, 9.17) is 16.3 Å². The smallest absolute Gasteiger partial charge is 0.134 e. The van der Waals surface area contributed by atoms with E-state index in [0.29, 0.717) is 17.2 Å². The zero-order valence-electron chi connectivity index (χ0n) is 10.6. The maximum atomic E-state index is 11.0. The molecular weight excluding hydrogens is 224 g/mol. The lowest BCUT2D eigenvalue weighted by atomic mass is 10.1. The molecule has 0 aliphatic carbocycles. The van der Waals surface area contributed by atoms with Gasteiger partial charge < -0.3 is 4.74 Å². The zero-order chi connectivity index (χ0) is 12.7. The quantitative estimate of drug-likeness (QED) is 0.806. The van der Waals surface area contributed by atoms with Crippen molar-refractivity contribution in [2.75, 3.05) is 7.11 Å². The van der Waals surface area contributed by atoms with E-state index in [1.807, 2.05) is 32.9 Å². The summed E-state index contributed by atoms with van der Waals surface area (Å²) in [6.07, 6.45) is 0.322. The van der Waals surface area contributed by atoms with Crippen LogP contribution in [0.15, 0.2) is 12.1 Å². The first-order valence-electron chi connectivity index (χ1n) is 5.37. The molecule has 1 aromatic carbocycles. The largest absolute Gasteiger partial charge is 0.496 e. The van der Waals surface area contributed by atoms with Gasteiger partial charge in [-0.3, -0.25) is 4.79 Å². The minimum absolute atomic E-state index is 0.0778. The van der Waals surface area contributed by atoms with E-state index < -0.39 is 0 Å². The van der Waals surface area contributed by atoms with Gasteiger partial charge in [0.25, 0.3) is 0 Å². The minimum atomic E-state index is 0.0778. The monoisotopic (exact) mass is 242 g/mol. The van der Waals surface area contributed by atoms with Crippen molar-refractivity contribution in [3.05, 3.63) is 28.3 Å². The number of carbonyl (C=O) groups excluding carboxylic acids is 1. The number of halogens is 1. The second-order valence-electron chi connectivity index (χ2n) is 3.31. The number of aryl methyl sites for hydroxylation is 1. The Labute approximate surface area is 103 Å². The summed E-state index contributed by atoms with van der Waals surface area (Å²) in [5.41, 5.74) is 1.80. The van der Waals surface area contributed by atoms with Crippen LogP contribution in [0.4, 0.5) is 0 Å². The van der Waals surface area contributed by atoms with E-state index in [2.05, 4.69) is 0 Å². The van der Waals surface area contributed by atoms with Gasteiger partial charge in [0.2, 0.25) is 0 Å². The average Bonchev–Trinajstić information content (AvgIpc) is 2.24. The number of ketones is 1. The molecule has 0 bridgehead atoms. The molecule has 0 aromatic heterocycles. The number of methoxy groups -OCH3 is 1. The number of rotatable bonds is 3. The molecule has 0 atom stereocenters. The summed E-state index contributed by atoms with van der Waals surface area (Å²) in [5, 5.41) is 0.594. The molecule has 2 nitrogen and oxygen atoms in total. The molecule has 0 unspecified atom stereocenters. The first kappa shape index (κ1) is 15.0. The van der Waals surface area contributed by atoms with Gasteiger partial charge in [0.1, 0.15) is 11.5 Å². The van der Waals surface area contributed by atoms with Gasteiger partial charge in [0.15, 0.2) is 0 Å². The van der Waals surface area contributed by atoms with Gasteiger partial charge in [-0.25, -0.2) is 0 Å². The van der Waals surface area contributed by atoms with Gasteiger partial charge in [0, 0.05) is 17.0 Å². The maximum absolute atomic E-state index is 11.0. The third-order valence-corrected chi connectivity index (χ3v) is 2.28. The molecule has 0 fully saturated rings. The van der Waals surface area contributed by atoms with Gasteiger partial charge >= 0.3 is 0 Å². The van der Waals surface area contributed by atoms with Crippen LogP contribution in [0.2, 0.25) is 5.02 Å². The number of hydrogen-bond donors (Lipinski definition) is 0. The van der Waals surface area contributed by atoms with Crippen LogP contribution in [0.5, 0.6) is 5.75 Å². The lowest BCUT2D eigenvalue weighted by molar-refractivity contribution is -0.116. The van der Waals surface area contributed by atoms with Crippen LogP contribution >= 0.6 is 11.6 Å². The third kappa shape index (κ3) is 4.23. The van der Waals surface area contributed by atoms with Crippen molar-refractivity contribution in [3.8, 4) is 5.75 Å². The second kappa shape index (κ2) is 7.29. The van der Waals surface area contributed by atoms with Crippen molar-refractivity contribution < 1.29 is 9.53 Å². The van der Waals surface area contributed by atoms with Crippen LogP contribution in [-0.2, 0) is 11.2 Å². The molecule has 0 radical (unpaired) electrons. The van der Waals surface area contributed by atoms with Crippen molar-refractivity contribution in [1.82, 2.24) is 0 Å².